The Morgan fingerprint density at radius 1 is 0.906 bits per heavy atom. The maximum Gasteiger partial charge on any atom is 0.413 e. The smallest absolute Gasteiger partial charge is 0.413 e. The number of benzene rings is 2. The second-order valence-corrected chi connectivity index (χ2v) is 15.9. The van der Waals surface area contributed by atoms with Crippen molar-refractivity contribution in [3.63, 3.8) is 0 Å². The van der Waals surface area contributed by atoms with Crippen molar-refractivity contribution in [3.8, 4) is 16.9 Å². The summed E-state index contributed by atoms with van der Waals surface area (Å²) in [4.78, 5) is 43.1. The Bertz CT molecular complexity index is 1940. The van der Waals surface area contributed by atoms with E-state index in [4.69, 9.17) is 25.8 Å². The summed E-state index contributed by atoms with van der Waals surface area (Å²) >= 11 is 7.43. The van der Waals surface area contributed by atoms with Crippen LogP contribution in [-0.4, -0.2) is 59.4 Å². The lowest BCUT2D eigenvalue weighted by molar-refractivity contribution is 0.0539. The van der Waals surface area contributed by atoms with Gasteiger partial charge in [0.15, 0.2) is 0 Å². The van der Waals surface area contributed by atoms with Gasteiger partial charge in [0.2, 0.25) is 0 Å². The first kappa shape index (κ1) is 41.3. The molecule has 1 aliphatic rings. The molecule has 5 rings (SSSR count). The van der Waals surface area contributed by atoms with Crippen LogP contribution in [-0.2, 0) is 16.0 Å². The van der Waals surface area contributed by atoms with Crippen molar-refractivity contribution in [2.24, 2.45) is 0 Å². The van der Waals surface area contributed by atoms with Crippen molar-refractivity contribution in [3.05, 3.63) is 75.8 Å². The summed E-state index contributed by atoms with van der Waals surface area (Å²) in [6, 6.07) is 11.2. The summed E-state index contributed by atoms with van der Waals surface area (Å²) in [6.07, 6.45) is 5.23. The number of carbonyl (C=O) groups excluding carboxylic acids is 3. The molecule has 0 saturated heterocycles. The molecule has 286 valence electrons. The zero-order chi connectivity index (χ0) is 39.1. The summed E-state index contributed by atoms with van der Waals surface area (Å²) in [5.41, 5.74) is 1.30. The van der Waals surface area contributed by atoms with Crippen LogP contribution in [0, 0.1) is 11.6 Å². The summed E-state index contributed by atoms with van der Waals surface area (Å²) < 4.78 is 45.2. The standard InChI is InChI=1S/C33H34ClF2N3O4S.C6H13NO2/c1-33(2,3)43-32(41)38-26-17-20(14-15-37-26)19-10-13-25(42-4)21(16-19)18-39(22-8-6-5-7-9-22)31(40)30-28(34)27-23(35)11-12-24(36)29(27)44-30;1-6(2,3)9-5(8)7-4/h10-17,22H,5-9,18H2,1-4H3,(H,37,38,41);1-4H3,(H,7,8). The summed E-state index contributed by atoms with van der Waals surface area (Å²) in [7, 11) is 3.10. The number of alkyl carbamates (subject to hydrolysis) is 1. The second kappa shape index (κ2) is 17.6. The lowest BCUT2D eigenvalue weighted by Gasteiger charge is -2.34. The highest BCUT2D eigenvalue weighted by molar-refractivity contribution is 7.21. The van der Waals surface area contributed by atoms with E-state index in [-0.39, 0.29) is 50.2 Å². The average Bonchev–Trinajstić information content (AvgIpc) is 3.45. The molecule has 1 fully saturated rings. The summed E-state index contributed by atoms with van der Waals surface area (Å²) in [5.74, 6) is -0.751. The lowest BCUT2D eigenvalue weighted by atomic mass is 9.93. The second-order valence-electron chi connectivity index (χ2n) is 14.5. The van der Waals surface area contributed by atoms with E-state index < -0.39 is 23.3 Å². The van der Waals surface area contributed by atoms with Crippen LogP contribution in [0.3, 0.4) is 0 Å². The number of carbonyl (C=O) groups is 3. The third-order valence-electron chi connectivity index (χ3n) is 8.10. The monoisotopic (exact) mass is 772 g/mol. The van der Waals surface area contributed by atoms with Crippen molar-refractivity contribution in [2.45, 2.75) is 97.4 Å². The highest BCUT2D eigenvalue weighted by Gasteiger charge is 2.31. The number of hydrogen-bond acceptors (Lipinski definition) is 8. The molecule has 1 saturated carbocycles. The van der Waals surface area contributed by atoms with E-state index in [1.54, 1.807) is 45.0 Å². The molecule has 0 atom stereocenters. The molecule has 3 amide bonds. The third kappa shape index (κ3) is 11.3. The van der Waals surface area contributed by atoms with Gasteiger partial charge in [0, 0.05) is 31.4 Å². The molecule has 0 bridgehead atoms. The molecule has 2 N–H and O–H groups in total. The Hall–Kier alpha value is -4.49. The number of pyridine rings is 1. The molecule has 0 aliphatic heterocycles. The van der Waals surface area contributed by atoms with E-state index in [1.165, 1.54) is 7.05 Å². The third-order valence-corrected chi connectivity index (χ3v) is 9.77. The maximum atomic E-state index is 14.7. The molecule has 10 nitrogen and oxygen atoms in total. The number of anilines is 1. The number of hydrogen-bond donors (Lipinski definition) is 2. The van der Waals surface area contributed by atoms with Gasteiger partial charge in [-0.05, 0) is 102 Å². The topological polar surface area (TPSA) is 119 Å². The number of halogens is 3. The fraction of sp³-hybridized carbons (Fsp3) is 0.436. The largest absolute Gasteiger partial charge is 0.496 e. The Balaban J connectivity index is 0.000000618. The first-order valence-corrected chi connectivity index (χ1v) is 18.5. The van der Waals surface area contributed by atoms with Crippen LogP contribution in [0.5, 0.6) is 5.75 Å². The quantitative estimate of drug-likeness (QED) is 0.192. The summed E-state index contributed by atoms with van der Waals surface area (Å²) in [5, 5.41) is 4.88. The van der Waals surface area contributed by atoms with Gasteiger partial charge in [-0.25, -0.2) is 23.4 Å². The van der Waals surface area contributed by atoms with Crippen molar-refractivity contribution >= 4 is 56.9 Å². The molecule has 14 heteroatoms. The Morgan fingerprint density at radius 3 is 2.11 bits per heavy atom. The van der Waals surface area contributed by atoms with E-state index in [9.17, 15) is 23.2 Å². The molecule has 0 spiro atoms. The fourth-order valence-electron chi connectivity index (χ4n) is 5.81. The Morgan fingerprint density at radius 2 is 1.53 bits per heavy atom. The van der Waals surface area contributed by atoms with Crippen LogP contribution >= 0.6 is 22.9 Å². The predicted molar refractivity (Wildman–Crippen MR) is 205 cm³/mol. The molecule has 2 heterocycles. The molecular weight excluding hydrogens is 726 g/mol. The van der Waals surface area contributed by atoms with Crippen molar-refractivity contribution in [1.82, 2.24) is 15.2 Å². The van der Waals surface area contributed by atoms with Gasteiger partial charge < -0.3 is 24.4 Å². The number of amides is 3. The number of ether oxygens (including phenoxy) is 3. The number of thiophene rings is 1. The van der Waals surface area contributed by atoms with Crippen molar-refractivity contribution < 1.29 is 37.4 Å². The molecule has 0 unspecified atom stereocenters. The number of fused-ring (bicyclic) bond motifs is 1. The molecule has 1 aliphatic carbocycles. The molecule has 2 aromatic heterocycles. The lowest BCUT2D eigenvalue weighted by Crippen LogP contribution is -2.40. The number of rotatable bonds is 7. The molecule has 2 aromatic carbocycles. The molecule has 53 heavy (non-hydrogen) atoms. The first-order valence-electron chi connectivity index (χ1n) is 17.3. The van der Waals surface area contributed by atoms with Crippen LogP contribution in [0.4, 0.5) is 24.2 Å². The van der Waals surface area contributed by atoms with Crippen LogP contribution in [0.15, 0.2) is 48.7 Å². The number of nitrogens with one attached hydrogen (secondary N) is 2. The molecule has 4 aromatic rings. The number of aromatic nitrogens is 1. The van der Waals surface area contributed by atoms with Gasteiger partial charge in [0.05, 0.1) is 22.2 Å². The summed E-state index contributed by atoms with van der Waals surface area (Å²) in [6.45, 7) is 11.0. The SMILES string of the molecule is CNC(=O)OC(C)(C)C.COc1ccc(-c2ccnc(NC(=O)OC(C)(C)C)c2)cc1CN(C(=O)c1sc2c(F)ccc(F)c2c1Cl)C1CCCCC1. The highest BCUT2D eigenvalue weighted by Crippen LogP contribution is 2.40. The Labute approximate surface area is 318 Å². The van der Waals surface area contributed by atoms with E-state index >= 15 is 0 Å². The van der Waals surface area contributed by atoms with Crippen LogP contribution in [0.2, 0.25) is 5.02 Å². The molecular formula is C39H47ClF2N4O6S. The predicted octanol–water partition coefficient (Wildman–Crippen LogP) is 10.4. The minimum atomic E-state index is -0.668. The van der Waals surface area contributed by atoms with Gasteiger partial charge in [0.1, 0.15) is 39.3 Å². The van der Waals surface area contributed by atoms with Gasteiger partial charge in [0.25, 0.3) is 5.91 Å². The fourth-order valence-corrected chi connectivity index (χ4v) is 7.31. The minimum Gasteiger partial charge on any atom is -0.496 e. The van der Waals surface area contributed by atoms with E-state index in [1.807, 2.05) is 45.0 Å². The van der Waals surface area contributed by atoms with Crippen LogP contribution in [0.25, 0.3) is 21.2 Å². The van der Waals surface area contributed by atoms with Crippen molar-refractivity contribution in [1.29, 1.82) is 0 Å². The van der Waals surface area contributed by atoms with Crippen LogP contribution < -0.4 is 15.4 Å². The zero-order valence-electron chi connectivity index (χ0n) is 31.3. The van der Waals surface area contributed by atoms with Gasteiger partial charge in [-0.15, -0.1) is 11.3 Å². The number of methoxy groups -OCH3 is 1. The van der Waals surface area contributed by atoms with Crippen LogP contribution in [0.1, 0.15) is 88.9 Å². The van der Waals surface area contributed by atoms with Gasteiger partial charge >= 0.3 is 12.2 Å². The van der Waals surface area contributed by atoms with E-state index in [2.05, 4.69) is 15.6 Å². The normalized spacial score (nSPS) is 13.4. The molecule has 0 radical (unpaired) electrons. The van der Waals surface area contributed by atoms with Gasteiger partial charge in [-0.2, -0.15) is 0 Å². The minimum absolute atomic E-state index is 0.0232. The van der Waals surface area contributed by atoms with Gasteiger partial charge in [-0.3, -0.25) is 10.1 Å². The van der Waals surface area contributed by atoms with E-state index in [0.29, 0.717) is 11.6 Å². The maximum absolute atomic E-state index is 14.7. The number of nitrogens with zero attached hydrogens (tertiary/aromatic N) is 2. The zero-order valence-corrected chi connectivity index (χ0v) is 32.9. The first-order chi connectivity index (χ1) is 24.9. The van der Waals surface area contributed by atoms with E-state index in [0.717, 1.165) is 72.3 Å². The van der Waals surface area contributed by atoms with Gasteiger partial charge in [-0.1, -0.05) is 36.9 Å². The van der Waals surface area contributed by atoms with Crippen molar-refractivity contribution in [2.75, 3.05) is 19.5 Å². The highest BCUT2D eigenvalue weighted by atomic mass is 35.5. The Kier molecular flexibility index (Phi) is 13.7. The average molecular weight is 773 g/mol.